The lowest BCUT2D eigenvalue weighted by molar-refractivity contribution is -0.121. The highest BCUT2D eigenvalue weighted by Crippen LogP contribution is 2.22. The van der Waals surface area contributed by atoms with Gasteiger partial charge in [-0.3, -0.25) is 9.59 Å². The Kier molecular flexibility index (Phi) is 3.53. The van der Waals surface area contributed by atoms with E-state index in [-0.39, 0.29) is 18.5 Å². The number of primary amides is 1. The van der Waals surface area contributed by atoms with E-state index in [1.807, 2.05) is 0 Å². The number of hydrogen-bond acceptors (Lipinski definition) is 3. The predicted molar refractivity (Wildman–Crippen MR) is 65.8 cm³/mol. The molecule has 0 radical (unpaired) electrons. The van der Waals surface area contributed by atoms with Gasteiger partial charge in [-0.25, -0.2) is 4.39 Å². The highest BCUT2D eigenvalue weighted by atomic mass is 19.1. The van der Waals surface area contributed by atoms with Gasteiger partial charge in [0.15, 0.2) is 0 Å². The summed E-state index contributed by atoms with van der Waals surface area (Å²) in [4.78, 5) is 24.6. The van der Waals surface area contributed by atoms with Crippen LogP contribution in [0, 0.1) is 12.7 Å². The number of likely N-dealkylation sites (tertiary alicyclic amines) is 1. The number of carbonyl (C=O) groups is 2. The smallest absolute Gasteiger partial charge is 0.257 e. The molecule has 1 heterocycles. The Morgan fingerprint density at radius 1 is 1.47 bits per heavy atom. The summed E-state index contributed by atoms with van der Waals surface area (Å²) in [6.45, 7) is 1.54. The zero-order valence-electron chi connectivity index (χ0n) is 10.5. The van der Waals surface area contributed by atoms with E-state index in [4.69, 9.17) is 5.73 Å². The highest BCUT2D eigenvalue weighted by Gasteiger charge is 2.38. The number of amides is 2. The van der Waals surface area contributed by atoms with E-state index in [1.54, 1.807) is 19.1 Å². The lowest BCUT2D eigenvalue weighted by Gasteiger charge is -2.22. The van der Waals surface area contributed by atoms with Crippen LogP contribution in [0.15, 0.2) is 18.2 Å². The van der Waals surface area contributed by atoms with Gasteiger partial charge in [0.25, 0.3) is 5.91 Å². The number of halogens is 1. The Balaban J connectivity index is 2.33. The van der Waals surface area contributed by atoms with Crippen molar-refractivity contribution in [3.63, 3.8) is 0 Å². The van der Waals surface area contributed by atoms with Crippen LogP contribution < -0.4 is 5.73 Å². The summed E-state index contributed by atoms with van der Waals surface area (Å²) in [6, 6.07) is 3.59. The minimum Gasteiger partial charge on any atom is -0.391 e. The van der Waals surface area contributed by atoms with Gasteiger partial charge < -0.3 is 15.7 Å². The van der Waals surface area contributed by atoms with Crippen molar-refractivity contribution in [1.29, 1.82) is 0 Å². The maximum atomic E-state index is 13.9. The summed E-state index contributed by atoms with van der Waals surface area (Å²) < 4.78 is 13.9. The fraction of sp³-hybridized carbons (Fsp3) is 0.385. The molecular formula is C13H15FN2O3. The van der Waals surface area contributed by atoms with Gasteiger partial charge >= 0.3 is 0 Å². The van der Waals surface area contributed by atoms with E-state index in [0.717, 1.165) is 4.90 Å². The third-order valence-corrected chi connectivity index (χ3v) is 3.29. The zero-order chi connectivity index (χ0) is 14.2. The monoisotopic (exact) mass is 266 g/mol. The van der Waals surface area contributed by atoms with Crippen molar-refractivity contribution in [3.05, 3.63) is 35.1 Å². The highest BCUT2D eigenvalue weighted by molar-refractivity contribution is 5.98. The molecule has 1 fully saturated rings. The molecule has 1 aliphatic heterocycles. The summed E-state index contributed by atoms with van der Waals surface area (Å²) in [7, 11) is 0. The van der Waals surface area contributed by atoms with Crippen molar-refractivity contribution in [2.75, 3.05) is 6.54 Å². The zero-order valence-corrected chi connectivity index (χ0v) is 10.5. The number of hydrogen-bond donors (Lipinski definition) is 2. The van der Waals surface area contributed by atoms with Crippen LogP contribution in [-0.4, -0.2) is 40.5 Å². The van der Waals surface area contributed by atoms with Gasteiger partial charge in [-0.1, -0.05) is 12.1 Å². The maximum Gasteiger partial charge on any atom is 0.257 e. The molecule has 0 saturated carbocycles. The van der Waals surface area contributed by atoms with Gasteiger partial charge in [-0.05, 0) is 18.6 Å². The molecule has 0 aromatic heterocycles. The molecule has 19 heavy (non-hydrogen) atoms. The van der Waals surface area contributed by atoms with Crippen molar-refractivity contribution < 1.29 is 19.1 Å². The van der Waals surface area contributed by atoms with Gasteiger partial charge in [-0.15, -0.1) is 0 Å². The Morgan fingerprint density at radius 3 is 2.79 bits per heavy atom. The van der Waals surface area contributed by atoms with Crippen molar-refractivity contribution >= 4 is 11.8 Å². The molecule has 1 aromatic rings. The maximum absolute atomic E-state index is 13.9. The SMILES string of the molecule is Cc1cccc(C(=O)N2CC(O)CC2C(N)=O)c1F. The van der Waals surface area contributed by atoms with E-state index >= 15 is 0 Å². The summed E-state index contributed by atoms with van der Waals surface area (Å²) in [5, 5.41) is 9.54. The molecule has 102 valence electrons. The number of rotatable bonds is 2. The molecule has 2 unspecified atom stereocenters. The summed E-state index contributed by atoms with van der Waals surface area (Å²) in [5.41, 5.74) is 5.43. The van der Waals surface area contributed by atoms with E-state index in [2.05, 4.69) is 0 Å². The Hall–Kier alpha value is -1.95. The average molecular weight is 266 g/mol. The molecule has 6 heteroatoms. The van der Waals surface area contributed by atoms with E-state index < -0.39 is 29.8 Å². The number of nitrogens with two attached hydrogens (primary N) is 1. The first kappa shape index (κ1) is 13.5. The molecule has 1 saturated heterocycles. The number of aliphatic hydroxyl groups is 1. The number of aliphatic hydroxyl groups excluding tert-OH is 1. The van der Waals surface area contributed by atoms with Crippen LogP contribution in [0.2, 0.25) is 0 Å². The molecule has 2 amide bonds. The molecule has 5 nitrogen and oxygen atoms in total. The Bertz CT molecular complexity index is 533. The van der Waals surface area contributed by atoms with Gasteiger partial charge in [0.2, 0.25) is 5.91 Å². The summed E-state index contributed by atoms with van der Waals surface area (Å²) >= 11 is 0. The second-order valence-electron chi connectivity index (χ2n) is 4.70. The first-order valence-electron chi connectivity index (χ1n) is 5.95. The van der Waals surface area contributed by atoms with E-state index in [0.29, 0.717) is 5.56 Å². The normalized spacial score (nSPS) is 22.6. The molecule has 0 spiro atoms. The standard InChI is InChI=1S/C13H15FN2O3/c1-7-3-2-4-9(11(7)14)13(19)16-6-8(17)5-10(16)12(15)18/h2-4,8,10,17H,5-6H2,1H3,(H2,15,18). The number of benzene rings is 1. The second kappa shape index (κ2) is 4.97. The lowest BCUT2D eigenvalue weighted by Crippen LogP contribution is -2.44. The average Bonchev–Trinajstić information content (AvgIpc) is 2.74. The first-order valence-corrected chi connectivity index (χ1v) is 5.95. The van der Waals surface area contributed by atoms with Crippen LogP contribution >= 0.6 is 0 Å². The summed E-state index contributed by atoms with van der Waals surface area (Å²) in [6.07, 6.45) is -0.719. The van der Waals surface area contributed by atoms with Crippen molar-refractivity contribution in [1.82, 2.24) is 4.90 Å². The van der Waals surface area contributed by atoms with Crippen LogP contribution in [0.4, 0.5) is 4.39 Å². The Labute approximate surface area is 109 Å². The predicted octanol–water partition coefficient (Wildman–Crippen LogP) is 0.195. The topological polar surface area (TPSA) is 83.6 Å². The molecule has 2 atom stereocenters. The number of β-amino-alcohol motifs (C(OH)–C–C–N with tert-alkyl or cyclic N) is 1. The lowest BCUT2D eigenvalue weighted by atomic mass is 10.1. The van der Waals surface area contributed by atoms with Crippen LogP contribution in [0.25, 0.3) is 0 Å². The minimum atomic E-state index is -0.887. The van der Waals surface area contributed by atoms with Crippen LogP contribution in [-0.2, 0) is 4.79 Å². The number of carbonyl (C=O) groups excluding carboxylic acids is 2. The minimum absolute atomic E-state index is 0.0141. The van der Waals surface area contributed by atoms with Crippen molar-refractivity contribution in [2.45, 2.75) is 25.5 Å². The van der Waals surface area contributed by atoms with Gasteiger partial charge in [-0.2, -0.15) is 0 Å². The largest absolute Gasteiger partial charge is 0.391 e. The molecule has 3 N–H and O–H groups in total. The third kappa shape index (κ3) is 2.44. The summed E-state index contributed by atoms with van der Waals surface area (Å²) in [5.74, 6) is -1.93. The van der Waals surface area contributed by atoms with Crippen LogP contribution in [0.5, 0.6) is 0 Å². The van der Waals surface area contributed by atoms with E-state index in [9.17, 15) is 19.1 Å². The molecule has 0 bridgehead atoms. The molecule has 1 aliphatic rings. The first-order chi connectivity index (χ1) is 8.91. The number of nitrogens with zero attached hydrogens (tertiary/aromatic N) is 1. The fourth-order valence-electron chi connectivity index (χ4n) is 2.28. The molecule has 1 aromatic carbocycles. The molecule has 0 aliphatic carbocycles. The fourth-order valence-corrected chi connectivity index (χ4v) is 2.28. The quantitative estimate of drug-likeness (QED) is 0.801. The molecule has 2 rings (SSSR count). The van der Waals surface area contributed by atoms with E-state index in [1.165, 1.54) is 6.07 Å². The second-order valence-corrected chi connectivity index (χ2v) is 4.70. The van der Waals surface area contributed by atoms with Gasteiger partial charge in [0, 0.05) is 13.0 Å². The Morgan fingerprint density at radius 2 is 2.16 bits per heavy atom. The van der Waals surface area contributed by atoms with Crippen molar-refractivity contribution in [2.24, 2.45) is 5.73 Å². The van der Waals surface area contributed by atoms with Gasteiger partial charge in [0.1, 0.15) is 11.9 Å². The van der Waals surface area contributed by atoms with Gasteiger partial charge in [0.05, 0.1) is 11.7 Å². The van der Waals surface area contributed by atoms with Crippen molar-refractivity contribution in [3.8, 4) is 0 Å². The van der Waals surface area contributed by atoms with Crippen LogP contribution in [0.1, 0.15) is 22.3 Å². The third-order valence-electron chi connectivity index (χ3n) is 3.29. The number of aryl methyl sites for hydroxylation is 1. The van der Waals surface area contributed by atoms with Crippen LogP contribution in [0.3, 0.4) is 0 Å². The molecular weight excluding hydrogens is 251 g/mol.